The summed E-state index contributed by atoms with van der Waals surface area (Å²) in [5.41, 5.74) is 2.20. The molecule has 1 heterocycles. The van der Waals surface area contributed by atoms with Crippen molar-refractivity contribution in [2.45, 2.75) is 24.0 Å². The Bertz CT molecular complexity index is 913. The number of anilines is 1. The number of benzene rings is 2. The molecular weight excluding hydrogens is 402 g/mol. The van der Waals surface area contributed by atoms with Gasteiger partial charge >= 0.3 is 0 Å². The molecule has 1 N–H and O–H groups in total. The van der Waals surface area contributed by atoms with E-state index < -0.39 is 5.76 Å². The van der Waals surface area contributed by atoms with E-state index in [1.165, 1.54) is 11.3 Å². The summed E-state index contributed by atoms with van der Waals surface area (Å²) in [6.07, 6.45) is 0.140. The van der Waals surface area contributed by atoms with Crippen LogP contribution in [0.15, 0.2) is 58.8 Å². The SMILES string of the molecule is CCOc1ccc(-c2nc(CC(=O)Nc3ccc(SC(F)F)cc3)cs2)cc1. The van der Waals surface area contributed by atoms with Crippen LogP contribution in [-0.4, -0.2) is 23.3 Å². The quantitative estimate of drug-likeness (QED) is 0.475. The van der Waals surface area contributed by atoms with Gasteiger partial charge in [0.2, 0.25) is 5.91 Å². The zero-order valence-electron chi connectivity index (χ0n) is 15.0. The number of halogens is 2. The van der Waals surface area contributed by atoms with Crippen LogP contribution in [-0.2, 0) is 11.2 Å². The van der Waals surface area contributed by atoms with E-state index in [4.69, 9.17) is 4.74 Å². The predicted molar refractivity (Wildman–Crippen MR) is 109 cm³/mol. The highest BCUT2D eigenvalue weighted by Gasteiger charge is 2.10. The molecule has 0 radical (unpaired) electrons. The van der Waals surface area contributed by atoms with Crippen molar-refractivity contribution in [2.24, 2.45) is 0 Å². The van der Waals surface area contributed by atoms with E-state index in [1.807, 2.05) is 36.6 Å². The lowest BCUT2D eigenvalue weighted by atomic mass is 10.2. The monoisotopic (exact) mass is 420 g/mol. The van der Waals surface area contributed by atoms with Crippen LogP contribution >= 0.6 is 23.1 Å². The first-order valence-corrected chi connectivity index (χ1v) is 10.3. The van der Waals surface area contributed by atoms with Crippen molar-refractivity contribution in [3.8, 4) is 16.3 Å². The Hall–Kier alpha value is -2.45. The fourth-order valence-electron chi connectivity index (χ4n) is 2.47. The molecule has 0 atom stereocenters. The minimum atomic E-state index is -2.46. The molecule has 28 heavy (non-hydrogen) atoms. The third-order valence-electron chi connectivity index (χ3n) is 3.67. The molecule has 0 saturated carbocycles. The summed E-state index contributed by atoms with van der Waals surface area (Å²) in [5.74, 6) is -1.87. The number of nitrogens with zero attached hydrogens (tertiary/aromatic N) is 1. The number of hydrogen-bond acceptors (Lipinski definition) is 5. The molecule has 0 spiro atoms. The van der Waals surface area contributed by atoms with E-state index in [-0.39, 0.29) is 12.3 Å². The minimum absolute atomic E-state index is 0.140. The lowest BCUT2D eigenvalue weighted by Gasteiger charge is -2.05. The smallest absolute Gasteiger partial charge is 0.288 e. The molecule has 3 rings (SSSR count). The fraction of sp³-hybridized carbons (Fsp3) is 0.200. The van der Waals surface area contributed by atoms with Gasteiger partial charge in [-0.25, -0.2) is 4.98 Å². The summed E-state index contributed by atoms with van der Waals surface area (Å²) in [6, 6.07) is 14.0. The molecule has 4 nitrogen and oxygen atoms in total. The van der Waals surface area contributed by atoms with Gasteiger partial charge in [0.15, 0.2) is 0 Å². The van der Waals surface area contributed by atoms with Crippen molar-refractivity contribution in [3.63, 3.8) is 0 Å². The summed E-state index contributed by atoms with van der Waals surface area (Å²) in [6.45, 7) is 2.55. The Morgan fingerprint density at radius 2 is 1.89 bits per heavy atom. The van der Waals surface area contributed by atoms with Crippen LogP contribution in [0.5, 0.6) is 5.75 Å². The molecule has 2 aromatic carbocycles. The highest BCUT2D eigenvalue weighted by atomic mass is 32.2. The van der Waals surface area contributed by atoms with Gasteiger partial charge in [0.05, 0.1) is 18.7 Å². The van der Waals surface area contributed by atoms with Crippen LogP contribution in [0.3, 0.4) is 0 Å². The molecule has 3 aromatic rings. The van der Waals surface area contributed by atoms with Crippen LogP contribution in [0.25, 0.3) is 10.6 Å². The van der Waals surface area contributed by atoms with Crippen molar-refractivity contribution in [1.82, 2.24) is 4.98 Å². The number of carbonyl (C=O) groups is 1. The number of ether oxygens (including phenoxy) is 1. The third kappa shape index (κ3) is 5.77. The Morgan fingerprint density at radius 1 is 1.18 bits per heavy atom. The van der Waals surface area contributed by atoms with Crippen molar-refractivity contribution in [1.29, 1.82) is 0 Å². The average Bonchev–Trinajstić information content (AvgIpc) is 3.12. The van der Waals surface area contributed by atoms with Gasteiger partial charge in [0, 0.05) is 21.5 Å². The van der Waals surface area contributed by atoms with Gasteiger partial charge < -0.3 is 10.1 Å². The first-order valence-electron chi connectivity index (χ1n) is 8.56. The molecule has 0 bridgehead atoms. The predicted octanol–water partition coefficient (Wildman–Crippen LogP) is 5.70. The Morgan fingerprint density at radius 3 is 2.54 bits per heavy atom. The second-order valence-electron chi connectivity index (χ2n) is 5.73. The summed E-state index contributed by atoms with van der Waals surface area (Å²) in [7, 11) is 0. The highest BCUT2D eigenvalue weighted by molar-refractivity contribution is 7.99. The number of aromatic nitrogens is 1. The van der Waals surface area contributed by atoms with E-state index in [0.717, 1.165) is 16.3 Å². The molecule has 0 fully saturated rings. The zero-order chi connectivity index (χ0) is 19.9. The van der Waals surface area contributed by atoms with E-state index in [2.05, 4.69) is 10.3 Å². The number of thioether (sulfide) groups is 1. The van der Waals surface area contributed by atoms with E-state index >= 15 is 0 Å². The summed E-state index contributed by atoms with van der Waals surface area (Å²) < 4.78 is 30.1. The first-order chi connectivity index (χ1) is 13.5. The van der Waals surface area contributed by atoms with Gasteiger partial charge in [-0.2, -0.15) is 8.78 Å². The third-order valence-corrected chi connectivity index (χ3v) is 5.33. The molecule has 8 heteroatoms. The van der Waals surface area contributed by atoms with Gasteiger partial charge in [-0.05, 0) is 55.5 Å². The van der Waals surface area contributed by atoms with Crippen LogP contribution < -0.4 is 10.1 Å². The molecule has 0 saturated heterocycles. The second kappa shape index (κ2) is 9.66. The first kappa shape index (κ1) is 20.3. The van der Waals surface area contributed by atoms with E-state index in [9.17, 15) is 13.6 Å². The number of carbonyl (C=O) groups excluding carboxylic acids is 1. The Balaban J connectivity index is 1.57. The second-order valence-corrected chi connectivity index (χ2v) is 7.65. The fourth-order valence-corrected chi connectivity index (χ4v) is 3.80. The maximum absolute atomic E-state index is 12.3. The van der Waals surface area contributed by atoms with Gasteiger partial charge in [-0.3, -0.25) is 4.79 Å². The minimum Gasteiger partial charge on any atom is -0.494 e. The maximum Gasteiger partial charge on any atom is 0.288 e. The largest absolute Gasteiger partial charge is 0.494 e. The van der Waals surface area contributed by atoms with Gasteiger partial charge in [-0.1, -0.05) is 11.8 Å². The molecule has 0 aliphatic rings. The van der Waals surface area contributed by atoms with Crippen molar-refractivity contribution in [2.75, 3.05) is 11.9 Å². The molecule has 1 amide bonds. The zero-order valence-corrected chi connectivity index (χ0v) is 16.7. The lowest BCUT2D eigenvalue weighted by molar-refractivity contribution is -0.115. The van der Waals surface area contributed by atoms with Gasteiger partial charge in [0.1, 0.15) is 10.8 Å². The van der Waals surface area contributed by atoms with Crippen LogP contribution in [0.2, 0.25) is 0 Å². The summed E-state index contributed by atoms with van der Waals surface area (Å²) in [4.78, 5) is 17.2. The molecule has 0 aliphatic carbocycles. The van der Waals surface area contributed by atoms with Crippen molar-refractivity contribution < 1.29 is 18.3 Å². The Kier molecular flexibility index (Phi) is 7.00. The summed E-state index contributed by atoms with van der Waals surface area (Å²) >= 11 is 1.94. The van der Waals surface area contributed by atoms with Crippen LogP contribution in [0.4, 0.5) is 14.5 Å². The standard InChI is InChI=1S/C20H18F2N2O2S2/c1-2-26-16-7-3-13(4-8-16)19-24-15(12-27-19)11-18(25)23-14-5-9-17(10-6-14)28-20(21)22/h3-10,12,20H,2,11H2,1H3,(H,23,25). The maximum atomic E-state index is 12.3. The molecular formula is C20H18F2N2O2S2. The molecule has 1 aromatic heterocycles. The van der Waals surface area contributed by atoms with Crippen LogP contribution in [0, 0.1) is 0 Å². The molecule has 0 aliphatic heterocycles. The molecule has 146 valence electrons. The lowest BCUT2D eigenvalue weighted by Crippen LogP contribution is -2.14. The van der Waals surface area contributed by atoms with Gasteiger partial charge in [-0.15, -0.1) is 11.3 Å². The molecule has 0 unspecified atom stereocenters. The van der Waals surface area contributed by atoms with Crippen molar-refractivity contribution in [3.05, 3.63) is 59.6 Å². The van der Waals surface area contributed by atoms with Crippen LogP contribution in [0.1, 0.15) is 12.6 Å². The summed E-state index contributed by atoms with van der Waals surface area (Å²) in [5, 5.41) is 5.44. The van der Waals surface area contributed by atoms with E-state index in [0.29, 0.717) is 34.6 Å². The number of hydrogen-bond donors (Lipinski definition) is 1. The normalized spacial score (nSPS) is 10.9. The topological polar surface area (TPSA) is 51.2 Å². The highest BCUT2D eigenvalue weighted by Crippen LogP contribution is 2.27. The number of rotatable bonds is 8. The number of thiazole rings is 1. The Labute approximate surface area is 170 Å². The average molecular weight is 421 g/mol. The number of nitrogens with one attached hydrogen (secondary N) is 1. The van der Waals surface area contributed by atoms with Gasteiger partial charge in [0.25, 0.3) is 5.76 Å². The number of alkyl halides is 2. The van der Waals surface area contributed by atoms with E-state index in [1.54, 1.807) is 24.3 Å². The van der Waals surface area contributed by atoms with Crippen molar-refractivity contribution >= 4 is 34.7 Å². The number of amides is 1.